The molecule has 0 aliphatic carbocycles. The van der Waals surface area contributed by atoms with E-state index in [-0.39, 0.29) is 6.07 Å². The lowest BCUT2D eigenvalue weighted by atomic mass is 10.1. The third kappa shape index (κ3) is 3.05. The summed E-state index contributed by atoms with van der Waals surface area (Å²) in [6.07, 6.45) is 0. The Bertz CT molecular complexity index is 703. The first kappa shape index (κ1) is 15.9. The lowest BCUT2D eigenvalue weighted by molar-refractivity contribution is 0.206. The van der Waals surface area contributed by atoms with E-state index < -0.39 is 52.3 Å². The Morgan fingerprint density at radius 1 is 1.00 bits per heavy atom. The first-order valence-corrected chi connectivity index (χ1v) is 5.90. The number of nitrogen functional groups attached to an aromatic ring is 1. The van der Waals surface area contributed by atoms with Crippen molar-refractivity contribution in [3.8, 4) is 0 Å². The molecule has 2 rings (SSSR count). The fraction of sp³-hybridized carbons (Fsp3) is 0.250. The molecule has 22 heavy (non-hydrogen) atoms. The predicted octanol–water partition coefficient (Wildman–Crippen LogP) is 2.96. The van der Waals surface area contributed by atoms with Gasteiger partial charge in [0.25, 0.3) is 0 Å². The van der Waals surface area contributed by atoms with Gasteiger partial charge in [-0.3, -0.25) is 0 Å². The van der Waals surface area contributed by atoms with E-state index in [1.54, 1.807) is 0 Å². The molecule has 1 aromatic heterocycles. The van der Waals surface area contributed by atoms with Crippen molar-refractivity contribution in [2.24, 2.45) is 0 Å². The number of aromatic nitrogens is 3. The number of benzene rings is 1. The first-order chi connectivity index (χ1) is 10.1. The molecule has 0 spiro atoms. The Kier molecular flexibility index (Phi) is 3.86. The van der Waals surface area contributed by atoms with E-state index in [0.717, 1.165) is 13.8 Å². The van der Waals surface area contributed by atoms with Crippen LogP contribution in [0, 0.1) is 23.3 Å². The van der Waals surface area contributed by atoms with Crippen LogP contribution in [0.25, 0.3) is 0 Å². The van der Waals surface area contributed by atoms with Gasteiger partial charge in [0, 0.05) is 6.07 Å². The third-order valence-corrected chi connectivity index (χ3v) is 2.53. The molecule has 0 saturated heterocycles. The predicted molar refractivity (Wildman–Crippen MR) is 67.9 cm³/mol. The zero-order valence-corrected chi connectivity index (χ0v) is 11.4. The number of hydrogen-bond acceptors (Lipinski definition) is 5. The van der Waals surface area contributed by atoms with Crippen LogP contribution in [0.5, 0.6) is 0 Å². The fourth-order valence-electron chi connectivity index (χ4n) is 1.51. The summed E-state index contributed by atoms with van der Waals surface area (Å²) in [5, 5.41) is 1.94. The number of anilines is 3. The lowest BCUT2D eigenvalue weighted by Crippen LogP contribution is -2.18. The van der Waals surface area contributed by atoms with E-state index >= 15 is 0 Å². The molecule has 0 bridgehead atoms. The maximum atomic E-state index is 13.8. The molecule has 5 nitrogen and oxygen atoms in total. The van der Waals surface area contributed by atoms with Crippen LogP contribution in [0.4, 0.5) is 39.5 Å². The van der Waals surface area contributed by atoms with Gasteiger partial charge in [0.2, 0.25) is 11.9 Å². The zero-order valence-electron chi connectivity index (χ0n) is 11.4. The maximum absolute atomic E-state index is 13.8. The summed E-state index contributed by atoms with van der Waals surface area (Å²) in [4.78, 5) is 10.6. The number of nitrogens with one attached hydrogen (secondary N) is 1. The van der Waals surface area contributed by atoms with Crippen LogP contribution < -0.4 is 11.1 Å². The molecule has 2 aromatic rings. The molecule has 0 amide bonds. The van der Waals surface area contributed by atoms with Gasteiger partial charge in [0.05, 0.1) is 0 Å². The number of rotatable bonds is 3. The van der Waals surface area contributed by atoms with E-state index in [1.807, 2.05) is 5.32 Å². The second-order valence-corrected chi connectivity index (χ2v) is 4.78. The van der Waals surface area contributed by atoms with Gasteiger partial charge in [-0.15, -0.1) is 0 Å². The molecule has 0 aliphatic heterocycles. The van der Waals surface area contributed by atoms with Crippen LogP contribution in [0.3, 0.4) is 0 Å². The minimum atomic E-state index is -2.02. The van der Waals surface area contributed by atoms with E-state index in [2.05, 4.69) is 15.0 Å². The summed E-state index contributed by atoms with van der Waals surface area (Å²) in [6.45, 7) is 2.24. The Morgan fingerprint density at radius 2 is 1.55 bits per heavy atom. The summed E-state index contributed by atoms with van der Waals surface area (Å²) in [5.41, 5.74) is 2.16. The van der Waals surface area contributed by atoms with Gasteiger partial charge >= 0.3 is 0 Å². The highest BCUT2D eigenvalue weighted by molar-refractivity contribution is 5.56. The van der Waals surface area contributed by atoms with Crippen LogP contribution in [0.15, 0.2) is 6.07 Å². The average Bonchev–Trinajstić information content (AvgIpc) is 2.40. The van der Waals surface area contributed by atoms with Crippen LogP contribution in [-0.2, 0) is 5.67 Å². The lowest BCUT2D eigenvalue weighted by Gasteiger charge is -2.14. The van der Waals surface area contributed by atoms with Crippen molar-refractivity contribution in [2.75, 3.05) is 11.1 Å². The van der Waals surface area contributed by atoms with Gasteiger partial charge in [-0.25, -0.2) is 22.0 Å². The quantitative estimate of drug-likeness (QED) is 0.672. The van der Waals surface area contributed by atoms with E-state index in [9.17, 15) is 22.0 Å². The summed E-state index contributed by atoms with van der Waals surface area (Å²) in [7, 11) is 0. The standard InChI is InChI=1S/C12H10F5N5/c1-12(2,17)9-20-10(18)22-11(21-9)19-8-6(15)4(13)3-5(14)7(8)16/h3H,1-2H3,(H3,18,19,20,21,22). The Hall–Kier alpha value is -2.52. The van der Waals surface area contributed by atoms with Gasteiger partial charge in [-0.05, 0) is 13.8 Å². The van der Waals surface area contributed by atoms with Crippen molar-refractivity contribution in [3.63, 3.8) is 0 Å². The highest BCUT2D eigenvalue weighted by Crippen LogP contribution is 2.27. The summed E-state index contributed by atoms with van der Waals surface area (Å²) in [5.74, 6) is -8.01. The van der Waals surface area contributed by atoms with Gasteiger partial charge in [0.15, 0.2) is 34.8 Å². The van der Waals surface area contributed by atoms with Crippen molar-refractivity contribution in [1.29, 1.82) is 0 Å². The minimum Gasteiger partial charge on any atom is -0.368 e. The van der Waals surface area contributed by atoms with Crippen LogP contribution >= 0.6 is 0 Å². The van der Waals surface area contributed by atoms with E-state index in [4.69, 9.17) is 5.73 Å². The summed E-state index contributed by atoms with van der Waals surface area (Å²) in [6, 6.07) is 0.0493. The largest absolute Gasteiger partial charge is 0.368 e. The first-order valence-electron chi connectivity index (χ1n) is 5.90. The Labute approximate surface area is 121 Å². The average molecular weight is 319 g/mol. The molecule has 3 N–H and O–H groups in total. The smallest absolute Gasteiger partial charge is 0.232 e. The van der Waals surface area contributed by atoms with Crippen LogP contribution in [-0.4, -0.2) is 15.0 Å². The number of halogens is 5. The molecule has 118 valence electrons. The molecule has 0 unspecified atom stereocenters. The highest BCUT2D eigenvalue weighted by Gasteiger charge is 2.25. The third-order valence-electron chi connectivity index (χ3n) is 2.53. The van der Waals surface area contributed by atoms with Crippen molar-refractivity contribution in [1.82, 2.24) is 15.0 Å². The molecular formula is C12H10F5N5. The number of nitrogens with zero attached hydrogens (tertiary/aromatic N) is 3. The Morgan fingerprint density at radius 3 is 2.05 bits per heavy atom. The van der Waals surface area contributed by atoms with Gasteiger partial charge < -0.3 is 11.1 Å². The summed E-state index contributed by atoms with van der Waals surface area (Å²) >= 11 is 0. The summed E-state index contributed by atoms with van der Waals surface area (Å²) < 4.78 is 67.1. The molecule has 0 aliphatic rings. The van der Waals surface area contributed by atoms with Crippen molar-refractivity contribution in [3.05, 3.63) is 35.2 Å². The zero-order chi connectivity index (χ0) is 16.7. The minimum absolute atomic E-state index is 0.0493. The molecule has 1 heterocycles. The molecule has 10 heteroatoms. The normalized spacial score (nSPS) is 11.6. The van der Waals surface area contributed by atoms with Gasteiger partial charge in [-0.2, -0.15) is 15.0 Å². The molecule has 0 atom stereocenters. The number of hydrogen-bond donors (Lipinski definition) is 2. The molecule has 1 aromatic carbocycles. The Balaban J connectivity index is 2.51. The topological polar surface area (TPSA) is 76.7 Å². The van der Waals surface area contributed by atoms with E-state index in [1.165, 1.54) is 0 Å². The molecule has 0 fully saturated rings. The van der Waals surface area contributed by atoms with Crippen LogP contribution in [0.1, 0.15) is 19.7 Å². The number of alkyl halides is 1. The van der Waals surface area contributed by atoms with Gasteiger partial charge in [0.1, 0.15) is 5.69 Å². The highest BCUT2D eigenvalue weighted by atomic mass is 19.2. The van der Waals surface area contributed by atoms with Crippen molar-refractivity contribution < 1.29 is 22.0 Å². The number of nitrogens with two attached hydrogens (primary N) is 1. The van der Waals surface area contributed by atoms with Crippen LogP contribution in [0.2, 0.25) is 0 Å². The van der Waals surface area contributed by atoms with Gasteiger partial charge in [-0.1, -0.05) is 0 Å². The SMILES string of the molecule is CC(C)(F)c1nc(N)nc(Nc2c(F)c(F)cc(F)c2F)n1. The van der Waals surface area contributed by atoms with Crippen molar-refractivity contribution in [2.45, 2.75) is 19.5 Å². The molecule has 0 radical (unpaired) electrons. The van der Waals surface area contributed by atoms with Crippen molar-refractivity contribution >= 4 is 17.6 Å². The fourth-order valence-corrected chi connectivity index (χ4v) is 1.51. The van der Waals surface area contributed by atoms with E-state index in [0.29, 0.717) is 0 Å². The second-order valence-electron chi connectivity index (χ2n) is 4.78. The monoisotopic (exact) mass is 319 g/mol. The maximum Gasteiger partial charge on any atom is 0.232 e. The molecular weight excluding hydrogens is 309 g/mol. The molecule has 0 saturated carbocycles. The second kappa shape index (κ2) is 5.35.